The van der Waals surface area contributed by atoms with E-state index in [0.717, 1.165) is 28.7 Å². The van der Waals surface area contributed by atoms with Gasteiger partial charge in [-0.2, -0.15) is 0 Å². The highest BCUT2D eigenvalue weighted by Gasteiger charge is 2.19. The van der Waals surface area contributed by atoms with Crippen molar-refractivity contribution in [2.24, 2.45) is 9.98 Å². The van der Waals surface area contributed by atoms with Gasteiger partial charge in [0.25, 0.3) is 0 Å². The lowest BCUT2D eigenvalue weighted by molar-refractivity contribution is 0.446. The van der Waals surface area contributed by atoms with E-state index < -0.39 is 0 Å². The Balaban J connectivity index is 1.55. The predicted molar refractivity (Wildman–Crippen MR) is 130 cm³/mol. The van der Waals surface area contributed by atoms with Crippen LogP contribution in [0.5, 0.6) is 11.5 Å². The first kappa shape index (κ1) is 22.3. The molecule has 0 heterocycles. The van der Waals surface area contributed by atoms with Gasteiger partial charge in [-0.1, -0.05) is 75.4 Å². The number of nitrogens with zero attached hydrogens (tertiary/aromatic N) is 2. The molecule has 0 amide bonds. The van der Waals surface area contributed by atoms with Crippen molar-refractivity contribution in [3.63, 3.8) is 0 Å². The van der Waals surface area contributed by atoms with Gasteiger partial charge in [-0.05, 0) is 35.1 Å². The lowest BCUT2D eigenvalue weighted by Gasteiger charge is -2.21. The Kier molecular flexibility index (Phi) is 7.24. The van der Waals surface area contributed by atoms with Crippen LogP contribution in [0.15, 0.2) is 76.7 Å². The van der Waals surface area contributed by atoms with Crippen molar-refractivity contribution < 1.29 is 10.2 Å². The van der Waals surface area contributed by atoms with Gasteiger partial charge in [-0.25, -0.2) is 0 Å². The fraction of sp³-hybridized carbons (Fsp3) is 0.259. The fourth-order valence-corrected chi connectivity index (χ4v) is 3.37. The summed E-state index contributed by atoms with van der Waals surface area (Å²) in [5.41, 5.74) is 4.01. The number of para-hydroxylation sites is 2. The van der Waals surface area contributed by atoms with Crippen molar-refractivity contribution in [2.45, 2.75) is 32.6 Å². The van der Waals surface area contributed by atoms with Gasteiger partial charge in [0.1, 0.15) is 11.5 Å². The van der Waals surface area contributed by atoms with E-state index in [-0.39, 0.29) is 11.2 Å². The van der Waals surface area contributed by atoms with Crippen LogP contribution in [0.2, 0.25) is 0 Å². The average Bonchev–Trinajstić information content (AvgIpc) is 2.75. The Hall–Kier alpha value is -3.40. The zero-order chi connectivity index (χ0) is 22.3. The van der Waals surface area contributed by atoms with Crippen molar-refractivity contribution in [3.05, 3.63) is 83.4 Å². The van der Waals surface area contributed by atoms with Crippen LogP contribution in [0.3, 0.4) is 0 Å². The van der Waals surface area contributed by atoms with E-state index in [1.165, 1.54) is 0 Å². The third-order valence-corrected chi connectivity index (χ3v) is 5.06. The van der Waals surface area contributed by atoms with Crippen LogP contribution in [-0.2, 0) is 5.41 Å². The molecule has 3 aromatic rings. The van der Waals surface area contributed by atoms with E-state index in [4.69, 9.17) is 0 Å². The lowest BCUT2D eigenvalue weighted by atomic mass is 9.85. The zero-order valence-corrected chi connectivity index (χ0v) is 18.4. The Morgan fingerprint density at radius 2 is 1.29 bits per heavy atom. The monoisotopic (exact) mass is 414 g/mol. The molecule has 0 aliphatic rings. The van der Waals surface area contributed by atoms with E-state index in [1.54, 1.807) is 12.4 Å². The molecule has 0 aliphatic heterocycles. The molecule has 3 rings (SSSR count). The minimum absolute atomic E-state index is 0.119. The van der Waals surface area contributed by atoms with Gasteiger partial charge in [-0.3, -0.25) is 9.98 Å². The van der Waals surface area contributed by atoms with E-state index in [1.807, 2.05) is 66.7 Å². The lowest BCUT2D eigenvalue weighted by Crippen LogP contribution is -2.11. The summed E-state index contributed by atoms with van der Waals surface area (Å²) in [6.07, 6.45) is 4.22. The molecule has 0 radical (unpaired) electrons. The molecule has 0 saturated carbocycles. The third kappa shape index (κ3) is 5.82. The molecule has 4 heteroatoms. The summed E-state index contributed by atoms with van der Waals surface area (Å²) in [6, 6.07) is 21.3. The number of hydrogen-bond acceptors (Lipinski definition) is 4. The van der Waals surface area contributed by atoms with E-state index in [2.05, 4.69) is 30.8 Å². The van der Waals surface area contributed by atoms with Crippen LogP contribution in [-0.4, -0.2) is 35.7 Å². The normalized spacial score (nSPS) is 12.1. The maximum Gasteiger partial charge on any atom is 0.132 e. The summed E-state index contributed by atoms with van der Waals surface area (Å²) in [5.74, 6) is 0.537. The van der Waals surface area contributed by atoms with Gasteiger partial charge < -0.3 is 10.2 Å². The molecule has 2 N–H and O–H groups in total. The number of aromatic hydroxyl groups is 2. The maximum absolute atomic E-state index is 10.6. The number of hydrogen-bond donors (Lipinski definition) is 2. The maximum atomic E-state index is 10.6. The second-order valence-corrected chi connectivity index (χ2v) is 8.53. The van der Waals surface area contributed by atoms with Gasteiger partial charge in [-0.15, -0.1) is 0 Å². The van der Waals surface area contributed by atoms with Gasteiger partial charge in [0, 0.05) is 42.2 Å². The molecule has 0 atom stereocenters. The summed E-state index contributed by atoms with van der Waals surface area (Å²) >= 11 is 0. The average molecular weight is 415 g/mol. The Bertz CT molecular complexity index is 1060. The summed E-state index contributed by atoms with van der Waals surface area (Å²) in [5, 5.41) is 21.1. The minimum atomic E-state index is -0.119. The van der Waals surface area contributed by atoms with Crippen LogP contribution in [0, 0.1) is 0 Å². The largest absolute Gasteiger partial charge is 0.507 e. The van der Waals surface area contributed by atoms with Crippen LogP contribution in [0.4, 0.5) is 0 Å². The van der Waals surface area contributed by atoms with Crippen LogP contribution < -0.4 is 0 Å². The topological polar surface area (TPSA) is 65.2 Å². The molecule has 31 heavy (non-hydrogen) atoms. The van der Waals surface area contributed by atoms with Gasteiger partial charge in [0.15, 0.2) is 0 Å². The third-order valence-electron chi connectivity index (χ3n) is 5.06. The number of aliphatic imine (C=N–C) groups is 2. The molecule has 0 saturated heterocycles. The van der Waals surface area contributed by atoms with Crippen molar-refractivity contribution in [1.29, 1.82) is 0 Å². The Morgan fingerprint density at radius 3 is 1.90 bits per heavy atom. The van der Waals surface area contributed by atoms with Crippen LogP contribution >= 0.6 is 0 Å². The summed E-state index contributed by atoms with van der Waals surface area (Å²) < 4.78 is 0. The molecule has 0 unspecified atom stereocenters. The quantitative estimate of drug-likeness (QED) is 0.368. The SMILES string of the molecule is CC(C)(C)c1cccc(C=NCCCN=Cc2cccc(-c3ccccc3)c2O)c1O. The summed E-state index contributed by atoms with van der Waals surface area (Å²) in [4.78, 5) is 8.87. The highest BCUT2D eigenvalue weighted by atomic mass is 16.3. The predicted octanol–water partition coefficient (Wildman–Crippen LogP) is 5.99. The molecule has 160 valence electrons. The molecular weight excluding hydrogens is 384 g/mol. The van der Waals surface area contributed by atoms with Gasteiger partial charge in [0.2, 0.25) is 0 Å². The van der Waals surface area contributed by atoms with Crippen molar-refractivity contribution in [2.75, 3.05) is 13.1 Å². The molecule has 4 nitrogen and oxygen atoms in total. The van der Waals surface area contributed by atoms with Gasteiger partial charge in [0.05, 0.1) is 0 Å². The van der Waals surface area contributed by atoms with Crippen LogP contribution in [0.1, 0.15) is 43.9 Å². The smallest absolute Gasteiger partial charge is 0.132 e. The van der Waals surface area contributed by atoms with Crippen molar-refractivity contribution in [1.82, 2.24) is 0 Å². The first-order chi connectivity index (χ1) is 14.9. The standard InChI is InChI=1S/C27H30N2O2/c1-27(2,3)24-15-8-13-22(26(24)31)19-29-17-9-16-28-18-21-12-7-14-23(25(21)30)20-10-5-4-6-11-20/h4-8,10-15,18-19,30-31H,9,16-17H2,1-3H3. The highest BCUT2D eigenvalue weighted by Crippen LogP contribution is 2.32. The van der Waals surface area contributed by atoms with Crippen molar-refractivity contribution in [3.8, 4) is 22.6 Å². The first-order valence-electron chi connectivity index (χ1n) is 10.6. The summed E-state index contributed by atoms with van der Waals surface area (Å²) in [7, 11) is 0. The van der Waals surface area contributed by atoms with Crippen molar-refractivity contribution >= 4 is 12.4 Å². The number of benzene rings is 3. The van der Waals surface area contributed by atoms with Crippen LogP contribution in [0.25, 0.3) is 11.1 Å². The van der Waals surface area contributed by atoms with E-state index in [0.29, 0.717) is 24.4 Å². The van der Waals surface area contributed by atoms with E-state index >= 15 is 0 Å². The zero-order valence-electron chi connectivity index (χ0n) is 18.4. The minimum Gasteiger partial charge on any atom is -0.507 e. The molecule has 0 fully saturated rings. The fourth-order valence-electron chi connectivity index (χ4n) is 3.37. The number of phenols is 2. The number of phenolic OH excluding ortho intramolecular Hbond substituents is 2. The Labute approximate surface area is 184 Å². The summed E-state index contributed by atoms with van der Waals surface area (Å²) in [6.45, 7) is 7.46. The first-order valence-corrected chi connectivity index (χ1v) is 10.6. The Morgan fingerprint density at radius 1 is 0.710 bits per heavy atom. The number of rotatable bonds is 7. The highest BCUT2D eigenvalue weighted by molar-refractivity contribution is 5.88. The second kappa shape index (κ2) is 10.1. The molecule has 0 spiro atoms. The van der Waals surface area contributed by atoms with E-state index in [9.17, 15) is 10.2 Å². The molecule has 0 aromatic heterocycles. The second-order valence-electron chi connectivity index (χ2n) is 8.53. The molecule has 0 aliphatic carbocycles. The molecular formula is C27H30N2O2. The van der Waals surface area contributed by atoms with Gasteiger partial charge >= 0.3 is 0 Å². The molecule has 3 aromatic carbocycles. The molecule has 0 bridgehead atoms.